The average Bonchev–Trinajstić information content (AvgIpc) is 2.53. The van der Waals surface area contributed by atoms with Crippen molar-refractivity contribution in [2.24, 2.45) is 0 Å². The molecule has 1 fully saturated rings. The summed E-state index contributed by atoms with van der Waals surface area (Å²) in [5, 5.41) is 0. The van der Waals surface area contributed by atoms with Crippen LogP contribution < -0.4 is 0 Å². The van der Waals surface area contributed by atoms with Crippen molar-refractivity contribution in [3.8, 4) is 0 Å². The minimum atomic E-state index is 0. The molecule has 22 heavy (non-hydrogen) atoms. The van der Waals surface area contributed by atoms with Crippen molar-refractivity contribution in [3.63, 3.8) is 0 Å². The number of hydrogen-bond donors (Lipinski definition) is 0. The van der Waals surface area contributed by atoms with Gasteiger partial charge in [0.05, 0.1) is 26.4 Å². The monoisotopic (exact) mass is 327 g/mol. The van der Waals surface area contributed by atoms with Gasteiger partial charge in [0.25, 0.3) is 0 Å². The summed E-state index contributed by atoms with van der Waals surface area (Å²) in [5.41, 5.74) is 0. The van der Waals surface area contributed by atoms with Crippen LogP contribution in [0, 0.1) is 0 Å². The number of rotatable bonds is 7. The van der Waals surface area contributed by atoms with E-state index in [0.29, 0.717) is 13.2 Å². The Labute approximate surface area is 138 Å². The van der Waals surface area contributed by atoms with Crippen molar-refractivity contribution in [1.82, 2.24) is 4.90 Å². The first-order chi connectivity index (χ1) is 9.76. The second kappa shape index (κ2) is 28.9. The number of methoxy groups -OCH3 is 2. The lowest BCUT2D eigenvalue weighted by molar-refractivity contribution is -0.292. The van der Waals surface area contributed by atoms with Gasteiger partial charge in [-0.2, -0.15) is 0 Å². The van der Waals surface area contributed by atoms with Crippen molar-refractivity contribution in [2.75, 3.05) is 73.5 Å². The molecule has 0 atom stereocenters. The quantitative estimate of drug-likeness (QED) is 0.407. The number of hydrogen-bond acceptors (Lipinski definition) is 6. The summed E-state index contributed by atoms with van der Waals surface area (Å²) in [4.78, 5) is 12.0. The van der Waals surface area contributed by atoms with Crippen LogP contribution in [0.4, 0.5) is 0 Å². The highest BCUT2D eigenvalue weighted by Gasteiger charge is 2.09. The molecule has 0 N–H and O–H groups in total. The summed E-state index contributed by atoms with van der Waals surface area (Å²) in [5.74, 6) is 0. The largest absolute Gasteiger partial charge is 0.385 e. The van der Waals surface area contributed by atoms with Gasteiger partial charge in [0.2, 0.25) is 0 Å². The van der Waals surface area contributed by atoms with Crippen molar-refractivity contribution in [1.29, 1.82) is 0 Å². The number of morpholine rings is 1. The van der Waals surface area contributed by atoms with E-state index in [4.69, 9.17) is 14.5 Å². The summed E-state index contributed by atoms with van der Waals surface area (Å²) < 4.78 is 14.3. The third-order valence-electron chi connectivity index (χ3n) is 2.37. The Hall–Kier alpha value is -0.240. The predicted octanol–water partition coefficient (Wildman–Crippen LogP) is 2.86. The van der Waals surface area contributed by atoms with Crippen molar-refractivity contribution in [3.05, 3.63) is 0 Å². The van der Waals surface area contributed by atoms with Crippen LogP contribution in [0.3, 0.4) is 0 Å². The molecule has 1 rings (SSSR count). The molecule has 0 aromatic rings. The Bertz CT molecular complexity index is 147. The molecule has 6 nitrogen and oxygen atoms in total. The molecule has 6 heteroatoms. The maximum absolute atomic E-state index is 5.21. The Morgan fingerprint density at radius 2 is 1.27 bits per heavy atom. The van der Waals surface area contributed by atoms with E-state index in [9.17, 15) is 0 Å². The van der Waals surface area contributed by atoms with Gasteiger partial charge in [-0.1, -0.05) is 14.9 Å². The molecule has 0 amide bonds. The van der Waals surface area contributed by atoms with E-state index in [2.05, 4.69) is 14.4 Å². The lowest BCUT2D eigenvalue weighted by atomic mass is 10.4. The smallest absolute Gasteiger partial charge is 0.0949 e. The summed E-state index contributed by atoms with van der Waals surface area (Å²) >= 11 is 0. The zero-order valence-corrected chi connectivity index (χ0v) is 13.9. The Morgan fingerprint density at radius 3 is 1.64 bits per heavy atom. The molecule has 140 valence electrons. The van der Waals surface area contributed by atoms with Gasteiger partial charge in [-0.05, 0) is 20.8 Å². The maximum Gasteiger partial charge on any atom is 0.0949 e. The second-order valence-corrected chi connectivity index (χ2v) is 3.84. The number of nitrogens with zero attached hydrogens (tertiary/aromatic N) is 1. The van der Waals surface area contributed by atoms with E-state index < -0.39 is 0 Å². The topological polar surface area (TPSA) is 49.4 Å². The molecule has 0 aromatic heterocycles. The Kier molecular flexibility index (Phi) is 39.0. The van der Waals surface area contributed by atoms with Gasteiger partial charge in [-0.25, -0.2) is 9.78 Å². The van der Waals surface area contributed by atoms with Gasteiger partial charge >= 0.3 is 0 Å². The van der Waals surface area contributed by atoms with Crippen molar-refractivity contribution < 1.29 is 24.0 Å². The molecule has 0 bridgehead atoms. The van der Waals surface area contributed by atoms with Gasteiger partial charge < -0.3 is 14.2 Å². The maximum atomic E-state index is 5.21. The fourth-order valence-electron chi connectivity index (χ4n) is 1.13. The molecular formula is C16H41NO5. The normalized spacial score (nSPS) is 13.5. The lowest BCUT2D eigenvalue weighted by Gasteiger charge is -2.25. The number of ether oxygens (including phenoxy) is 3. The lowest BCUT2D eigenvalue weighted by Crippen LogP contribution is -2.38. The molecule has 0 aliphatic carbocycles. The zero-order chi connectivity index (χ0) is 15.5. The van der Waals surface area contributed by atoms with Gasteiger partial charge in [0, 0.05) is 47.1 Å². The highest BCUT2D eigenvalue weighted by molar-refractivity contribution is 4.60. The average molecular weight is 328 g/mol. The van der Waals surface area contributed by atoms with E-state index in [0.717, 1.165) is 46.1 Å². The first kappa shape index (κ1) is 29.7. The van der Waals surface area contributed by atoms with E-state index in [1.165, 1.54) is 0 Å². The van der Waals surface area contributed by atoms with E-state index >= 15 is 0 Å². The van der Waals surface area contributed by atoms with Crippen LogP contribution in [-0.4, -0.2) is 78.4 Å². The van der Waals surface area contributed by atoms with Crippen molar-refractivity contribution >= 4 is 0 Å². The molecule has 1 aliphatic heterocycles. The molecule has 1 heterocycles. The molecule has 1 saturated heterocycles. The predicted molar refractivity (Wildman–Crippen MR) is 93.4 cm³/mol. The molecule has 1 aliphatic rings. The van der Waals surface area contributed by atoms with Crippen LogP contribution in [0.15, 0.2) is 0 Å². The highest BCUT2D eigenvalue weighted by Crippen LogP contribution is 1.95. The van der Waals surface area contributed by atoms with E-state index in [1.807, 2.05) is 20.8 Å². The van der Waals surface area contributed by atoms with Crippen LogP contribution in [0.25, 0.3) is 0 Å². The van der Waals surface area contributed by atoms with Gasteiger partial charge in [0.15, 0.2) is 0 Å². The molecular weight excluding hydrogens is 286 g/mol. The fraction of sp³-hybridized carbons (Fsp3) is 1.00. The van der Waals surface area contributed by atoms with E-state index in [-0.39, 0.29) is 14.9 Å². The van der Waals surface area contributed by atoms with Crippen LogP contribution in [0.5, 0.6) is 0 Å². The summed E-state index contributed by atoms with van der Waals surface area (Å²) in [6.07, 6.45) is 0. The Balaban J connectivity index is -0.000000138. The molecule has 0 unspecified atom stereocenters. The summed E-state index contributed by atoms with van der Waals surface area (Å²) in [7, 11) is 3.36. The zero-order valence-electron chi connectivity index (χ0n) is 13.9. The van der Waals surface area contributed by atoms with Gasteiger partial charge in [0.1, 0.15) is 0 Å². The van der Waals surface area contributed by atoms with Crippen LogP contribution in [0.1, 0.15) is 35.6 Å². The van der Waals surface area contributed by atoms with Crippen LogP contribution >= 0.6 is 0 Å². The fourth-order valence-corrected chi connectivity index (χ4v) is 1.13. The standard InChI is InChI=1S/C8H17NO3.2C3H8O.2CH4/c1-2-11-12-8-5-9-3-6-10-7-4-9;2*1-3-4-2;;/h2-8H2,1H3;2*3H2,1-2H3;2*1H4. The van der Waals surface area contributed by atoms with E-state index in [1.54, 1.807) is 14.2 Å². The second-order valence-electron chi connectivity index (χ2n) is 3.84. The minimum Gasteiger partial charge on any atom is -0.385 e. The molecule has 0 saturated carbocycles. The first-order valence-corrected chi connectivity index (χ1v) is 7.29. The van der Waals surface area contributed by atoms with Crippen LogP contribution in [-0.2, 0) is 24.0 Å². The molecule has 0 radical (unpaired) electrons. The molecule has 0 aromatic carbocycles. The third kappa shape index (κ3) is 28.0. The molecule has 0 spiro atoms. The minimum absolute atomic E-state index is 0. The highest BCUT2D eigenvalue weighted by atomic mass is 17.2. The van der Waals surface area contributed by atoms with Crippen LogP contribution in [0.2, 0.25) is 0 Å². The Morgan fingerprint density at radius 1 is 0.818 bits per heavy atom. The van der Waals surface area contributed by atoms with Gasteiger partial charge in [-0.3, -0.25) is 4.90 Å². The summed E-state index contributed by atoms with van der Waals surface area (Å²) in [6.45, 7) is 13.4. The van der Waals surface area contributed by atoms with Gasteiger partial charge in [-0.15, -0.1) is 0 Å². The summed E-state index contributed by atoms with van der Waals surface area (Å²) in [6, 6.07) is 0. The third-order valence-corrected chi connectivity index (χ3v) is 2.37. The first-order valence-electron chi connectivity index (χ1n) is 7.29. The SMILES string of the molecule is C.C.CCOC.CCOC.CCOOCCN1CCOCC1. The van der Waals surface area contributed by atoms with Crippen molar-refractivity contribution in [2.45, 2.75) is 35.6 Å².